The van der Waals surface area contributed by atoms with E-state index in [1.54, 1.807) is 19.4 Å². The van der Waals surface area contributed by atoms with Crippen LogP contribution in [0.4, 0.5) is 5.82 Å². The Morgan fingerprint density at radius 3 is 2.94 bits per heavy atom. The Balaban J connectivity index is 1.78. The van der Waals surface area contributed by atoms with Gasteiger partial charge in [-0.25, -0.2) is 4.98 Å². The normalized spacial score (nSPS) is 14.3. The summed E-state index contributed by atoms with van der Waals surface area (Å²) in [5.74, 6) is 0.755. The molecular weight excluding hydrogens is 230 g/mol. The highest BCUT2D eigenvalue weighted by Gasteiger charge is 2.21. The van der Waals surface area contributed by atoms with Crippen molar-refractivity contribution in [2.24, 2.45) is 0 Å². The first kappa shape index (κ1) is 12.8. The fourth-order valence-electron chi connectivity index (χ4n) is 1.57. The van der Waals surface area contributed by atoms with Gasteiger partial charge in [0.15, 0.2) is 0 Å². The molecule has 2 rings (SSSR count). The standard InChI is InChI=1S/C13H19N3O2/c1-18-8-2-7-14-13(17)10-3-6-12(15-9-10)16-11-4-5-11/h3,6,9,11H,2,4-5,7-8H2,1H3,(H,14,17)(H,15,16). The molecule has 0 aromatic carbocycles. The second-order valence-electron chi connectivity index (χ2n) is 4.45. The molecule has 0 radical (unpaired) electrons. The van der Waals surface area contributed by atoms with Crippen LogP contribution in [-0.2, 0) is 4.74 Å². The molecule has 0 aliphatic heterocycles. The lowest BCUT2D eigenvalue weighted by molar-refractivity contribution is 0.0948. The minimum atomic E-state index is -0.0865. The van der Waals surface area contributed by atoms with E-state index in [4.69, 9.17) is 4.74 Å². The van der Waals surface area contributed by atoms with Gasteiger partial charge in [0.1, 0.15) is 5.82 Å². The molecule has 5 nitrogen and oxygen atoms in total. The SMILES string of the molecule is COCCCNC(=O)c1ccc(NC2CC2)nc1. The number of carbonyl (C=O) groups is 1. The second kappa shape index (κ2) is 6.35. The Morgan fingerprint density at radius 2 is 2.33 bits per heavy atom. The van der Waals surface area contributed by atoms with Crippen molar-refractivity contribution in [2.75, 3.05) is 25.6 Å². The molecule has 1 heterocycles. The van der Waals surface area contributed by atoms with E-state index >= 15 is 0 Å². The zero-order valence-electron chi connectivity index (χ0n) is 10.6. The molecule has 1 saturated carbocycles. The second-order valence-corrected chi connectivity index (χ2v) is 4.45. The number of pyridine rings is 1. The van der Waals surface area contributed by atoms with Crippen molar-refractivity contribution in [2.45, 2.75) is 25.3 Å². The molecule has 1 fully saturated rings. The number of anilines is 1. The van der Waals surface area contributed by atoms with Crippen LogP contribution in [0.2, 0.25) is 0 Å². The first-order chi connectivity index (χ1) is 8.79. The van der Waals surface area contributed by atoms with Crippen LogP contribution in [0.1, 0.15) is 29.6 Å². The van der Waals surface area contributed by atoms with Crippen LogP contribution < -0.4 is 10.6 Å². The number of hydrogen-bond donors (Lipinski definition) is 2. The van der Waals surface area contributed by atoms with Crippen LogP contribution >= 0.6 is 0 Å². The summed E-state index contributed by atoms with van der Waals surface area (Å²) in [6, 6.07) is 4.22. The van der Waals surface area contributed by atoms with E-state index in [0.717, 1.165) is 12.2 Å². The molecule has 18 heavy (non-hydrogen) atoms. The van der Waals surface area contributed by atoms with Crippen molar-refractivity contribution >= 4 is 11.7 Å². The third kappa shape index (κ3) is 4.00. The van der Waals surface area contributed by atoms with Crippen LogP contribution in [0.5, 0.6) is 0 Å². The predicted molar refractivity (Wildman–Crippen MR) is 69.7 cm³/mol. The topological polar surface area (TPSA) is 63.2 Å². The largest absolute Gasteiger partial charge is 0.385 e. The summed E-state index contributed by atoms with van der Waals surface area (Å²) in [4.78, 5) is 16.0. The highest BCUT2D eigenvalue weighted by molar-refractivity contribution is 5.94. The number of hydrogen-bond acceptors (Lipinski definition) is 4. The number of methoxy groups -OCH3 is 1. The van der Waals surface area contributed by atoms with Crippen molar-refractivity contribution in [3.63, 3.8) is 0 Å². The highest BCUT2D eigenvalue weighted by Crippen LogP contribution is 2.23. The fraction of sp³-hybridized carbons (Fsp3) is 0.538. The number of carbonyl (C=O) groups excluding carboxylic acids is 1. The lowest BCUT2D eigenvalue weighted by atomic mass is 10.2. The van der Waals surface area contributed by atoms with Gasteiger partial charge in [0.25, 0.3) is 5.91 Å². The van der Waals surface area contributed by atoms with Crippen LogP contribution in [0, 0.1) is 0 Å². The number of nitrogens with zero attached hydrogens (tertiary/aromatic N) is 1. The van der Waals surface area contributed by atoms with Gasteiger partial charge in [-0.3, -0.25) is 4.79 Å². The van der Waals surface area contributed by atoms with E-state index < -0.39 is 0 Å². The monoisotopic (exact) mass is 249 g/mol. The first-order valence-corrected chi connectivity index (χ1v) is 6.29. The molecule has 0 saturated heterocycles. The number of ether oxygens (including phenoxy) is 1. The maximum Gasteiger partial charge on any atom is 0.252 e. The highest BCUT2D eigenvalue weighted by atomic mass is 16.5. The van der Waals surface area contributed by atoms with Gasteiger partial charge in [0.05, 0.1) is 5.56 Å². The summed E-state index contributed by atoms with van der Waals surface area (Å²) >= 11 is 0. The maximum atomic E-state index is 11.7. The third-order valence-electron chi connectivity index (χ3n) is 2.77. The molecule has 98 valence electrons. The van der Waals surface area contributed by atoms with Gasteiger partial charge < -0.3 is 15.4 Å². The van der Waals surface area contributed by atoms with Gasteiger partial charge in [0, 0.05) is 32.5 Å². The minimum absolute atomic E-state index is 0.0865. The summed E-state index contributed by atoms with van der Waals surface area (Å²) in [7, 11) is 1.65. The Morgan fingerprint density at radius 1 is 1.50 bits per heavy atom. The fourth-order valence-corrected chi connectivity index (χ4v) is 1.57. The van der Waals surface area contributed by atoms with Gasteiger partial charge in [-0.1, -0.05) is 0 Å². The zero-order valence-corrected chi connectivity index (χ0v) is 10.6. The molecule has 5 heteroatoms. The van der Waals surface area contributed by atoms with E-state index in [1.807, 2.05) is 6.07 Å². The lowest BCUT2D eigenvalue weighted by Gasteiger charge is -2.06. The Bertz CT molecular complexity index is 388. The lowest BCUT2D eigenvalue weighted by Crippen LogP contribution is -2.25. The van der Waals surface area contributed by atoms with Gasteiger partial charge in [-0.2, -0.15) is 0 Å². The van der Waals surface area contributed by atoms with E-state index in [1.165, 1.54) is 12.8 Å². The predicted octanol–water partition coefficient (Wildman–Crippen LogP) is 1.42. The van der Waals surface area contributed by atoms with Crippen LogP contribution in [0.25, 0.3) is 0 Å². The van der Waals surface area contributed by atoms with Crippen LogP contribution in [0.3, 0.4) is 0 Å². The molecule has 0 bridgehead atoms. The molecule has 1 aromatic rings. The Hall–Kier alpha value is -1.62. The van der Waals surface area contributed by atoms with E-state index in [9.17, 15) is 4.79 Å². The van der Waals surface area contributed by atoms with Gasteiger partial charge in [0.2, 0.25) is 0 Å². The van der Waals surface area contributed by atoms with Crippen molar-refractivity contribution in [3.8, 4) is 0 Å². The third-order valence-corrected chi connectivity index (χ3v) is 2.77. The average Bonchev–Trinajstić information content (AvgIpc) is 3.19. The van der Waals surface area contributed by atoms with Gasteiger partial charge in [-0.15, -0.1) is 0 Å². The summed E-state index contributed by atoms with van der Waals surface area (Å²) in [6.07, 6.45) is 4.85. The minimum Gasteiger partial charge on any atom is -0.385 e. The summed E-state index contributed by atoms with van der Waals surface area (Å²) in [5.41, 5.74) is 0.591. The van der Waals surface area contributed by atoms with Gasteiger partial charge in [-0.05, 0) is 31.4 Å². The number of amides is 1. The first-order valence-electron chi connectivity index (χ1n) is 6.29. The molecule has 1 amide bonds. The molecule has 2 N–H and O–H groups in total. The van der Waals surface area contributed by atoms with Crippen LogP contribution in [0.15, 0.2) is 18.3 Å². The molecule has 1 aromatic heterocycles. The Kier molecular flexibility index (Phi) is 4.52. The summed E-state index contributed by atoms with van der Waals surface area (Å²) in [5, 5.41) is 6.11. The van der Waals surface area contributed by atoms with Crippen molar-refractivity contribution in [1.82, 2.24) is 10.3 Å². The van der Waals surface area contributed by atoms with Crippen molar-refractivity contribution in [3.05, 3.63) is 23.9 Å². The summed E-state index contributed by atoms with van der Waals surface area (Å²) < 4.78 is 4.92. The van der Waals surface area contributed by atoms with Gasteiger partial charge >= 0.3 is 0 Å². The van der Waals surface area contributed by atoms with Crippen LogP contribution in [-0.4, -0.2) is 37.2 Å². The van der Waals surface area contributed by atoms with E-state index in [2.05, 4.69) is 15.6 Å². The molecule has 0 spiro atoms. The van der Waals surface area contributed by atoms with Crippen molar-refractivity contribution < 1.29 is 9.53 Å². The maximum absolute atomic E-state index is 11.7. The quantitative estimate of drug-likeness (QED) is 0.717. The zero-order chi connectivity index (χ0) is 12.8. The van der Waals surface area contributed by atoms with E-state index in [0.29, 0.717) is 24.8 Å². The number of aromatic nitrogens is 1. The van der Waals surface area contributed by atoms with Crippen molar-refractivity contribution in [1.29, 1.82) is 0 Å². The summed E-state index contributed by atoms with van der Waals surface area (Å²) in [6.45, 7) is 1.28. The molecule has 1 aliphatic rings. The molecule has 1 aliphatic carbocycles. The number of nitrogens with one attached hydrogen (secondary N) is 2. The molecule has 0 unspecified atom stereocenters. The Labute approximate surface area is 107 Å². The van der Waals surface area contributed by atoms with E-state index in [-0.39, 0.29) is 5.91 Å². The molecular formula is C13H19N3O2. The number of rotatable bonds is 7. The molecule has 0 atom stereocenters. The smallest absolute Gasteiger partial charge is 0.252 e. The average molecular weight is 249 g/mol.